The maximum absolute atomic E-state index is 10.5. The molecular formula is C4H8ClNO4S. The summed E-state index contributed by atoms with van der Waals surface area (Å²) in [6, 6.07) is 0. The molecule has 5 nitrogen and oxygen atoms in total. The SMILES string of the molecule is CC(CC(=O)NCl)S(=O)(=O)O. The molecule has 0 spiro atoms. The molecular weight excluding hydrogens is 194 g/mol. The van der Waals surface area contributed by atoms with E-state index in [-0.39, 0.29) is 6.42 Å². The molecule has 0 aromatic carbocycles. The molecule has 0 radical (unpaired) electrons. The van der Waals surface area contributed by atoms with E-state index < -0.39 is 21.3 Å². The zero-order chi connectivity index (χ0) is 9.07. The first-order chi connectivity index (χ1) is 4.88. The van der Waals surface area contributed by atoms with Gasteiger partial charge in [-0.05, 0) is 6.92 Å². The third-order valence-corrected chi connectivity index (χ3v) is 2.48. The highest BCUT2D eigenvalue weighted by molar-refractivity contribution is 7.86. The van der Waals surface area contributed by atoms with E-state index in [2.05, 4.69) is 0 Å². The zero-order valence-corrected chi connectivity index (χ0v) is 7.32. The van der Waals surface area contributed by atoms with E-state index in [0.717, 1.165) is 0 Å². The molecule has 1 atom stereocenters. The molecule has 0 bridgehead atoms. The fraction of sp³-hybridized carbons (Fsp3) is 0.750. The van der Waals surface area contributed by atoms with Gasteiger partial charge in [0.25, 0.3) is 10.1 Å². The van der Waals surface area contributed by atoms with E-state index in [4.69, 9.17) is 16.3 Å². The van der Waals surface area contributed by atoms with E-state index in [9.17, 15) is 13.2 Å². The largest absolute Gasteiger partial charge is 0.285 e. The number of halogens is 1. The van der Waals surface area contributed by atoms with Crippen LogP contribution in [-0.4, -0.2) is 24.1 Å². The smallest absolute Gasteiger partial charge is 0.268 e. The van der Waals surface area contributed by atoms with Crippen LogP contribution in [0.25, 0.3) is 0 Å². The zero-order valence-electron chi connectivity index (χ0n) is 5.74. The lowest BCUT2D eigenvalue weighted by Gasteiger charge is -2.04. The number of nitrogens with one attached hydrogen (secondary N) is 1. The van der Waals surface area contributed by atoms with E-state index in [0.29, 0.717) is 0 Å². The minimum Gasteiger partial charge on any atom is -0.285 e. The van der Waals surface area contributed by atoms with Crippen LogP contribution < -0.4 is 4.84 Å². The molecule has 0 saturated heterocycles. The van der Waals surface area contributed by atoms with E-state index in [1.165, 1.54) is 6.92 Å². The van der Waals surface area contributed by atoms with E-state index in [1.807, 2.05) is 0 Å². The van der Waals surface area contributed by atoms with Crippen LogP contribution in [0.1, 0.15) is 13.3 Å². The van der Waals surface area contributed by atoms with Crippen LogP contribution >= 0.6 is 11.8 Å². The normalized spacial score (nSPS) is 14.1. The Hall–Kier alpha value is -0.330. The third-order valence-electron chi connectivity index (χ3n) is 1.09. The van der Waals surface area contributed by atoms with Gasteiger partial charge < -0.3 is 0 Å². The predicted molar refractivity (Wildman–Crippen MR) is 39.6 cm³/mol. The molecule has 1 unspecified atom stereocenters. The van der Waals surface area contributed by atoms with Crippen molar-refractivity contribution in [1.82, 2.24) is 4.84 Å². The summed E-state index contributed by atoms with van der Waals surface area (Å²) in [6.07, 6.45) is -0.345. The second-order valence-electron chi connectivity index (χ2n) is 2.05. The molecule has 0 aromatic heterocycles. The molecule has 7 heteroatoms. The second-order valence-corrected chi connectivity index (χ2v) is 4.07. The summed E-state index contributed by atoms with van der Waals surface area (Å²) in [5, 5.41) is -1.12. The van der Waals surface area contributed by atoms with Gasteiger partial charge in [0.05, 0.1) is 5.25 Å². The molecule has 0 saturated carbocycles. The first kappa shape index (κ1) is 10.7. The van der Waals surface area contributed by atoms with Gasteiger partial charge in [-0.2, -0.15) is 8.42 Å². The van der Waals surface area contributed by atoms with Crippen molar-refractivity contribution in [3.05, 3.63) is 0 Å². The number of hydrogen-bond acceptors (Lipinski definition) is 3. The van der Waals surface area contributed by atoms with Crippen LogP contribution in [-0.2, 0) is 14.9 Å². The summed E-state index contributed by atoms with van der Waals surface area (Å²) in [5.74, 6) is -0.642. The average Bonchev–Trinajstić information content (AvgIpc) is 1.85. The van der Waals surface area contributed by atoms with Crippen molar-refractivity contribution in [3.8, 4) is 0 Å². The number of amides is 1. The van der Waals surface area contributed by atoms with Gasteiger partial charge in [-0.3, -0.25) is 14.2 Å². The summed E-state index contributed by atoms with van der Waals surface area (Å²) < 4.78 is 29.0. The van der Waals surface area contributed by atoms with Gasteiger partial charge in [-0.1, -0.05) is 0 Å². The summed E-state index contributed by atoms with van der Waals surface area (Å²) in [7, 11) is -4.13. The quantitative estimate of drug-likeness (QED) is 0.494. The molecule has 1 amide bonds. The van der Waals surface area contributed by atoms with E-state index in [1.54, 1.807) is 4.84 Å². The fourth-order valence-electron chi connectivity index (χ4n) is 0.405. The van der Waals surface area contributed by atoms with Crippen molar-refractivity contribution in [2.24, 2.45) is 0 Å². The Bertz CT molecular complexity index is 236. The molecule has 0 aliphatic carbocycles. The average molecular weight is 202 g/mol. The van der Waals surface area contributed by atoms with Gasteiger partial charge in [0.1, 0.15) is 0 Å². The molecule has 11 heavy (non-hydrogen) atoms. The van der Waals surface area contributed by atoms with Crippen LogP contribution in [0.15, 0.2) is 0 Å². The van der Waals surface area contributed by atoms with E-state index >= 15 is 0 Å². The fourth-order valence-corrected chi connectivity index (χ4v) is 0.844. The minimum absolute atomic E-state index is 0.345. The van der Waals surface area contributed by atoms with Crippen LogP contribution in [0.4, 0.5) is 0 Å². The van der Waals surface area contributed by atoms with Crippen molar-refractivity contribution in [3.63, 3.8) is 0 Å². The van der Waals surface area contributed by atoms with Crippen molar-refractivity contribution in [1.29, 1.82) is 0 Å². The van der Waals surface area contributed by atoms with Crippen molar-refractivity contribution >= 4 is 27.8 Å². The molecule has 0 aliphatic heterocycles. The first-order valence-corrected chi connectivity index (χ1v) is 4.62. The Labute approximate surface area is 69.6 Å². The topological polar surface area (TPSA) is 83.5 Å². The third kappa shape index (κ3) is 4.18. The summed E-state index contributed by atoms with van der Waals surface area (Å²) in [5.41, 5.74) is 0. The summed E-state index contributed by atoms with van der Waals surface area (Å²) >= 11 is 4.87. The lowest BCUT2D eigenvalue weighted by atomic mass is 10.3. The Morgan fingerprint density at radius 3 is 2.45 bits per heavy atom. The molecule has 0 aliphatic rings. The maximum Gasteiger partial charge on any atom is 0.268 e. The number of carbonyl (C=O) groups is 1. The lowest BCUT2D eigenvalue weighted by molar-refractivity contribution is -0.119. The molecule has 2 N–H and O–H groups in total. The summed E-state index contributed by atoms with van der Waals surface area (Å²) in [4.78, 5) is 12.2. The molecule has 0 rings (SSSR count). The Morgan fingerprint density at radius 2 is 2.18 bits per heavy atom. The number of carbonyl (C=O) groups excluding carboxylic acids is 1. The van der Waals surface area contributed by atoms with Crippen LogP contribution in [0.3, 0.4) is 0 Å². The monoisotopic (exact) mass is 201 g/mol. The Balaban J connectivity index is 4.10. The Kier molecular flexibility index (Phi) is 3.77. The van der Waals surface area contributed by atoms with Crippen LogP contribution in [0, 0.1) is 0 Å². The maximum atomic E-state index is 10.5. The first-order valence-electron chi connectivity index (χ1n) is 2.73. The van der Waals surface area contributed by atoms with Crippen LogP contribution in [0.2, 0.25) is 0 Å². The van der Waals surface area contributed by atoms with Gasteiger partial charge >= 0.3 is 0 Å². The van der Waals surface area contributed by atoms with Crippen molar-refractivity contribution in [2.75, 3.05) is 0 Å². The van der Waals surface area contributed by atoms with Gasteiger partial charge in [0.2, 0.25) is 5.91 Å². The molecule has 0 fully saturated rings. The molecule has 0 aromatic rings. The number of hydrogen-bond donors (Lipinski definition) is 2. The highest BCUT2D eigenvalue weighted by Gasteiger charge is 2.20. The van der Waals surface area contributed by atoms with Crippen LogP contribution in [0.5, 0.6) is 0 Å². The van der Waals surface area contributed by atoms with Gasteiger partial charge in [-0.15, -0.1) is 0 Å². The second kappa shape index (κ2) is 3.89. The van der Waals surface area contributed by atoms with Gasteiger partial charge in [0.15, 0.2) is 0 Å². The highest BCUT2D eigenvalue weighted by atomic mass is 35.5. The lowest BCUT2D eigenvalue weighted by Crippen LogP contribution is -2.24. The standard InChI is InChI=1S/C4H8ClNO4S/c1-3(11(8,9)10)2-4(7)6-5/h3H,2H2,1H3,(H,6,7)(H,8,9,10). The van der Waals surface area contributed by atoms with Crippen molar-refractivity contribution in [2.45, 2.75) is 18.6 Å². The minimum atomic E-state index is -4.13. The predicted octanol–water partition coefficient (Wildman–Crippen LogP) is -0.0772. The number of rotatable bonds is 3. The Morgan fingerprint density at radius 1 is 1.73 bits per heavy atom. The highest BCUT2D eigenvalue weighted by Crippen LogP contribution is 2.02. The molecule has 66 valence electrons. The summed E-state index contributed by atoms with van der Waals surface area (Å²) in [6.45, 7) is 1.21. The van der Waals surface area contributed by atoms with Gasteiger partial charge in [-0.25, -0.2) is 0 Å². The van der Waals surface area contributed by atoms with Crippen molar-refractivity contribution < 1.29 is 17.8 Å². The molecule has 0 heterocycles. The van der Waals surface area contributed by atoms with Gasteiger partial charge in [0, 0.05) is 18.2 Å².